The Morgan fingerprint density at radius 1 is 1.20 bits per heavy atom. The lowest BCUT2D eigenvalue weighted by Crippen LogP contribution is -2.48. The molecular weight excluding hydrogens is 343 g/mol. The van der Waals surface area contributed by atoms with Crippen molar-refractivity contribution in [1.29, 1.82) is 0 Å². The molecule has 1 aliphatic carbocycles. The van der Waals surface area contributed by atoms with Crippen LogP contribution in [0.1, 0.15) is 31.2 Å². The van der Waals surface area contributed by atoms with Crippen LogP contribution in [0.3, 0.4) is 0 Å². The van der Waals surface area contributed by atoms with Crippen molar-refractivity contribution in [1.82, 2.24) is 9.80 Å². The van der Waals surface area contributed by atoms with Gasteiger partial charge in [-0.3, -0.25) is 9.59 Å². The van der Waals surface area contributed by atoms with E-state index in [0.717, 1.165) is 19.4 Å². The lowest BCUT2D eigenvalue weighted by atomic mass is 9.94. The lowest BCUT2D eigenvalue weighted by molar-refractivity contribution is -0.140. The lowest BCUT2D eigenvalue weighted by Gasteiger charge is -2.36. The second-order valence-corrected chi connectivity index (χ2v) is 7.94. The minimum absolute atomic E-state index is 0.0538. The average Bonchev–Trinajstić information content (AvgIpc) is 3.41. The van der Waals surface area contributed by atoms with Crippen LogP contribution in [-0.4, -0.2) is 47.3 Å². The summed E-state index contributed by atoms with van der Waals surface area (Å²) in [5.41, 5.74) is 0.243. The molecule has 134 valence electrons. The van der Waals surface area contributed by atoms with Gasteiger partial charge in [-0.25, -0.2) is 4.39 Å². The fourth-order valence-electron chi connectivity index (χ4n) is 4.03. The topological polar surface area (TPSA) is 40.6 Å². The standard InChI is InChI=1S/C19H22ClFN2O2/c20-16-2-1-3-17(21)15(16)8-18(24)22-10-13-6-7-14(11-22)23(19(13)25)9-12-4-5-12/h1-3,12-14H,4-11H2/t13-,14+/m0/s1. The first-order chi connectivity index (χ1) is 12.0. The highest BCUT2D eigenvalue weighted by Gasteiger charge is 2.43. The number of piperidine rings is 1. The highest BCUT2D eigenvalue weighted by Crippen LogP contribution is 2.35. The van der Waals surface area contributed by atoms with Crippen LogP contribution < -0.4 is 0 Å². The third-order valence-corrected chi connectivity index (χ3v) is 6.04. The van der Waals surface area contributed by atoms with Crippen molar-refractivity contribution in [3.05, 3.63) is 34.6 Å². The number of hydrogen-bond acceptors (Lipinski definition) is 2. The predicted molar refractivity (Wildman–Crippen MR) is 92.6 cm³/mol. The molecule has 3 aliphatic heterocycles. The highest BCUT2D eigenvalue weighted by molar-refractivity contribution is 6.31. The fourth-order valence-corrected chi connectivity index (χ4v) is 4.26. The van der Waals surface area contributed by atoms with Gasteiger partial charge in [-0.15, -0.1) is 0 Å². The smallest absolute Gasteiger partial charge is 0.227 e. The number of carbonyl (C=O) groups excluding carboxylic acids is 2. The van der Waals surface area contributed by atoms with Crippen LogP contribution in [0.2, 0.25) is 5.02 Å². The van der Waals surface area contributed by atoms with E-state index < -0.39 is 5.82 Å². The maximum atomic E-state index is 14.0. The van der Waals surface area contributed by atoms with Gasteiger partial charge in [0, 0.05) is 36.3 Å². The second kappa shape index (κ2) is 6.60. The van der Waals surface area contributed by atoms with Gasteiger partial charge in [-0.05, 0) is 43.7 Å². The molecule has 2 bridgehead atoms. The first-order valence-electron chi connectivity index (χ1n) is 9.04. The van der Waals surface area contributed by atoms with Gasteiger partial charge in [0.1, 0.15) is 5.82 Å². The van der Waals surface area contributed by atoms with Crippen LogP contribution >= 0.6 is 11.6 Å². The summed E-state index contributed by atoms with van der Waals surface area (Å²) in [6.07, 6.45) is 4.15. The normalized spacial score (nSPS) is 26.1. The Labute approximate surface area is 151 Å². The van der Waals surface area contributed by atoms with Crippen molar-refractivity contribution < 1.29 is 14.0 Å². The Bertz CT molecular complexity index is 686. The van der Waals surface area contributed by atoms with Crippen LogP contribution in [0.4, 0.5) is 4.39 Å². The van der Waals surface area contributed by atoms with E-state index in [1.807, 2.05) is 4.90 Å². The third-order valence-electron chi connectivity index (χ3n) is 5.69. The number of hydrogen-bond donors (Lipinski definition) is 0. The molecule has 1 saturated carbocycles. The summed E-state index contributed by atoms with van der Waals surface area (Å²) in [5.74, 6) is 0.125. The maximum Gasteiger partial charge on any atom is 0.227 e. The Kier molecular flexibility index (Phi) is 4.44. The van der Waals surface area contributed by atoms with Crippen molar-refractivity contribution in [2.24, 2.45) is 11.8 Å². The SMILES string of the molecule is O=C(Cc1c(F)cccc1Cl)N1C[C@@H]2CC[C@H](C1)N(CC1CC1)C2=O. The zero-order chi connectivity index (χ0) is 17.6. The second-order valence-electron chi connectivity index (χ2n) is 7.54. The number of fused-ring (bicyclic) bond motifs is 4. The van der Waals surface area contributed by atoms with E-state index in [4.69, 9.17) is 11.6 Å². The molecule has 4 nitrogen and oxygen atoms in total. The van der Waals surface area contributed by atoms with Gasteiger partial charge >= 0.3 is 0 Å². The van der Waals surface area contributed by atoms with Gasteiger partial charge in [0.2, 0.25) is 11.8 Å². The zero-order valence-electron chi connectivity index (χ0n) is 14.1. The molecule has 25 heavy (non-hydrogen) atoms. The third kappa shape index (κ3) is 3.39. The Morgan fingerprint density at radius 2 is 2.00 bits per heavy atom. The molecule has 5 rings (SSSR count). The summed E-state index contributed by atoms with van der Waals surface area (Å²) in [7, 11) is 0. The minimum Gasteiger partial charge on any atom is -0.340 e. The van der Waals surface area contributed by atoms with Crippen molar-refractivity contribution in [2.75, 3.05) is 19.6 Å². The van der Waals surface area contributed by atoms with Gasteiger partial charge in [0.05, 0.1) is 12.3 Å². The van der Waals surface area contributed by atoms with E-state index in [-0.39, 0.29) is 40.8 Å². The average molecular weight is 365 g/mol. The summed E-state index contributed by atoms with van der Waals surface area (Å²) in [5, 5.41) is 0.276. The molecule has 1 aromatic carbocycles. The molecule has 6 heteroatoms. The van der Waals surface area contributed by atoms with Crippen molar-refractivity contribution in [3.8, 4) is 0 Å². The Morgan fingerprint density at radius 3 is 2.72 bits per heavy atom. The van der Waals surface area contributed by atoms with Gasteiger partial charge in [0.15, 0.2) is 0 Å². The molecule has 2 atom stereocenters. The minimum atomic E-state index is -0.454. The molecule has 0 spiro atoms. The predicted octanol–water partition coefficient (Wildman–Crippen LogP) is 2.88. The number of benzene rings is 1. The van der Waals surface area contributed by atoms with Crippen molar-refractivity contribution >= 4 is 23.4 Å². The van der Waals surface area contributed by atoms with Gasteiger partial charge in [-0.2, -0.15) is 0 Å². The maximum absolute atomic E-state index is 14.0. The molecule has 0 unspecified atom stereocenters. The number of carbonyl (C=O) groups is 2. The van der Waals surface area contributed by atoms with Gasteiger partial charge < -0.3 is 9.80 Å². The van der Waals surface area contributed by atoms with E-state index in [1.165, 1.54) is 25.0 Å². The number of nitrogens with zero attached hydrogens (tertiary/aromatic N) is 2. The molecule has 3 heterocycles. The quantitative estimate of drug-likeness (QED) is 0.824. The summed E-state index contributed by atoms with van der Waals surface area (Å²) >= 11 is 6.05. The van der Waals surface area contributed by atoms with Crippen molar-refractivity contribution in [3.63, 3.8) is 0 Å². The van der Waals surface area contributed by atoms with Crippen LogP contribution in [0, 0.1) is 17.7 Å². The molecule has 0 N–H and O–H groups in total. The van der Waals surface area contributed by atoms with Crippen molar-refractivity contribution in [2.45, 2.75) is 38.1 Å². The summed E-state index contributed by atoms with van der Waals surface area (Å²) < 4.78 is 14.0. The zero-order valence-corrected chi connectivity index (χ0v) is 14.8. The Balaban J connectivity index is 1.49. The molecule has 3 saturated heterocycles. The van der Waals surface area contributed by atoms with E-state index in [0.29, 0.717) is 19.0 Å². The number of halogens is 2. The summed E-state index contributed by atoms with van der Waals surface area (Å²) in [4.78, 5) is 29.2. The van der Waals surface area contributed by atoms with Gasteiger partial charge in [-0.1, -0.05) is 17.7 Å². The highest BCUT2D eigenvalue weighted by atomic mass is 35.5. The van der Waals surface area contributed by atoms with Crippen LogP contribution in [0.15, 0.2) is 18.2 Å². The summed E-state index contributed by atoms with van der Waals surface area (Å²) in [6, 6.07) is 4.56. The first kappa shape index (κ1) is 16.8. The molecular formula is C19H22ClFN2O2. The van der Waals surface area contributed by atoms with E-state index >= 15 is 0 Å². The monoisotopic (exact) mass is 364 g/mol. The van der Waals surface area contributed by atoms with E-state index in [1.54, 1.807) is 11.0 Å². The van der Waals surface area contributed by atoms with Crippen LogP contribution in [-0.2, 0) is 16.0 Å². The molecule has 1 aromatic rings. The fraction of sp³-hybridized carbons (Fsp3) is 0.579. The number of rotatable bonds is 4. The van der Waals surface area contributed by atoms with E-state index in [9.17, 15) is 14.0 Å². The van der Waals surface area contributed by atoms with Crippen LogP contribution in [0.25, 0.3) is 0 Å². The van der Waals surface area contributed by atoms with E-state index in [2.05, 4.69) is 0 Å². The molecule has 4 fully saturated rings. The largest absolute Gasteiger partial charge is 0.340 e. The summed E-state index contributed by atoms with van der Waals surface area (Å²) in [6.45, 7) is 1.84. The number of amides is 2. The molecule has 0 radical (unpaired) electrons. The first-order valence-corrected chi connectivity index (χ1v) is 9.42. The Hall–Kier alpha value is -1.62. The molecule has 2 amide bonds. The van der Waals surface area contributed by atoms with Gasteiger partial charge in [0.25, 0.3) is 0 Å². The molecule has 4 aliphatic rings. The molecule has 0 aromatic heterocycles. The van der Waals surface area contributed by atoms with Crippen LogP contribution in [0.5, 0.6) is 0 Å².